The Hall–Kier alpha value is -0.950. The van der Waals surface area contributed by atoms with Crippen LogP contribution in [-0.2, 0) is 11.3 Å². The van der Waals surface area contributed by atoms with Gasteiger partial charge in [0.15, 0.2) is 0 Å². The fourth-order valence-corrected chi connectivity index (χ4v) is 2.75. The number of aryl methyl sites for hydroxylation is 1. The normalized spacial score (nSPS) is 12.2. The van der Waals surface area contributed by atoms with Crippen molar-refractivity contribution in [3.05, 3.63) is 22.4 Å². The van der Waals surface area contributed by atoms with Crippen molar-refractivity contribution in [2.45, 2.75) is 32.4 Å². The molecule has 0 saturated carbocycles. The van der Waals surface area contributed by atoms with Crippen LogP contribution in [0.15, 0.2) is 16.7 Å². The molecule has 0 fully saturated rings. The molecule has 0 radical (unpaired) electrons. The molecule has 1 heterocycles. The zero-order chi connectivity index (χ0) is 15.1. The van der Waals surface area contributed by atoms with Gasteiger partial charge in [0.1, 0.15) is 11.7 Å². The van der Waals surface area contributed by atoms with Crippen LogP contribution >= 0.6 is 27.7 Å². The van der Waals surface area contributed by atoms with Gasteiger partial charge in [-0.3, -0.25) is 4.79 Å². The Morgan fingerprint density at radius 3 is 2.80 bits per heavy atom. The average Bonchev–Trinajstić information content (AvgIpc) is 2.75. The van der Waals surface area contributed by atoms with E-state index in [4.69, 9.17) is 5.11 Å². The minimum absolute atomic E-state index is 0.349. The summed E-state index contributed by atoms with van der Waals surface area (Å²) in [6.45, 7) is 2.74. The highest BCUT2D eigenvalue weighted by molar-refractivity contribution is 9.10. The Labute approximate surface area is 131 Å². The van der Waals surface area contributed by atoms with Crippen molar-refractivity contribution in [1.29, 1.82) is 0 Å². The SMILES string of the molecule is CCCn1cc(Br)cc1C(=O)N[C@H](CCSC)C(=O)O. The maximum atomic E-state index is 12.2. The van der Waals surface area contributed by atoms with Crippen molar-refractivity contribution in [3.8, 4) is 0 Å². The van der Waals surface area contributed by atoms with E-state index in [2.05, 4.69) is 21.2 Å². The maximum Gasteiger partial charge on any atom is 0.326 e. The first kappa shape index (κ1) is 17.1. The quantitative estimate of drug-likeness (QED) is 0.745. The minimum Gasteiger partial charge on any atom is -0.480 e. The second-order valence-corrected chi connectivity index (χ2v) is 6.28. The topological polar surface area (TPSA) is 71.3 Å². The fourth-order valence-electron chi connectivity index (χ4n) is 1.82. The van der Waals surface area contributed by atoms with Crippen LogP contribution < -0.4 is 5.32 Å². The number of hydrogen-bond acceptors (Lipinski definition) is 3. The molecule has 0 saturated heterocycles. The molecular formula is C13H19BrN2O3S. The number of aliphatic carboxylic acids is 1. The largest absolute Gasteiger partial charge is 0.480 e. The van der Waals surface area contributed by atoms with Crippen LogP contribution in [0.4, 0.5) is 0 Å². The van der Waals surface area contributed by atoms with Gasteiger partial charge in [0, 0.05) is 17.2 Å². The summed E-state index contributed by atoms with van der Waals surface area (Å²) in [5.41, 5.74) is 0.481. The van der Waals surface area contributed by atoms with Crippen molar-refractivity contribution in [1.82, 2.24) is 9.88 Å². The number of thioether (sulfide) groups is 1. The van der Waals surface area contributed by atoms with E-state index >= 15 is 0 Å². The molecule has 0 aliphatic rings. The van der Waals surface area contributed by atoms with Gasteiger partial charge in [-0.25, -0.2) is 4.79 Å². The first-order chi connectivity index (χ1) is 9.49. The molecule has 1 rings (SSSR count). The molecule has 5 nitrogen and oxygen atoms in total. The smallest absolute Gasteiger partial charge is 0.326 e. The minimum atomic E-state index is -1.000. The zero-order valence-electron chi connectivity index (χ0n) is 11.6. The predicted octanol–water partition coefficient (Wildman–Crippen LogP) is 2.60. The number of carboxylic acid groups (broad SMARTS) is 1. The summed E-state index contributed by atoms with van der Waals surface area (Å²) in [6, 6.07) is 0.858. The summed E-state index contributed by atoms with van der Waals surface area (Å²) in [5.74, 6) is -0.658. The first-order valence-corrected chi connectivity index (χ1v) is 8.56. The summed E-state index contributed by atoms with van der Waals surface area (Å²) in [4.78, 5) is 23.4. The third-order valence-electron chi connectivity index (χ3n) is 2.77. The molecule has 0 bridgehead atoms. The van der Waals surface area contributed by atoms with Crippen molar-refractivity contribution in [2.24, 2.45) is 0 Å². The monoisotopic (exact) mass is 362 g/mol. The number of rotatable bonds is 8. The summed E-state index contributed by atoms with van der Waals surface area (Å²) >= 11 is 4.90. The Morgan fingerprint density at radius 1 is 1.55 bits per heavy atom. The Morgan fingerprint density at radius 2 is 2.25 bits per heavy atom. The zero-order valence-corrected chi connectivity index (χ0v) is 14.0. The van der Waals surface area contributed by atoms with Crippen molar-refractivity contribution in [3.63, 3.8) is 0 Å². The van der Waals surface area contributed by atoms with E-state index in [-0.39, 0.29) is 5.91 Å². The van der Waals surface area contributed by atoms with Crippen molar-refractivity contribution >= 4 is 39.6 Å². The summed E-state index contributed by atoms with van der Waals surface area (Å²) in [7, 11) is 0. The highest BCUT2D eigenvalue weighted by atomic mass is 79.9. The fraction of sp³-hybridized carbons (Fsp3) is 0.538. The predicted molar refractivity (Wildman–Crippen MR) is 84.3 cm³/mol. The van der Waals surface area contributed by atoms with Crippen LogP contribution in [0.3, 0.4) is 0 Å². The van der Waals surface area contributed by atoms with E-state index in [0.717, 1.165) is 17.4 Å². The van der Waals surface area contributed by atoms with E-state index in [0.29, 0.717) is 17.9 Å². The van der Waals surface area contributed by atoms with Crippen LogP contribution in [0.1, 0.15) is 30.3 Å². The van der Waals surface area contributed by atoms with Crippen LogP contribution in [0, 0.1) is 0 Å². The van der Waals surface area contributed by atoms with Crippen LogP contribution in [0.5, 0.6) is 0 Å². The second kappa shape index (κ2) is 8.36. The highest BCUT2D eigenvalue weighted by Gasteiger charge is 2.22. The van der Waals surface area contributed by atoms with Gasteiger partial charge in [-0.15, -0.1) is 0 Å². The van der Waals surface area contributed by atoms with E-state index in [1.807, 2.05) is 23.9 Å². The van der Waals surface area contributed by atoms with Crippen LogP contribution in [-0.4, -0.2) is 39.6 Å². The standard InChI is InChI=1S/C13H19BrN2O3S/c1-3-5-16-8-9(14)7-11(16)12(17)15-10(13(18)19)4-6-20-2/h7-8,10H,3-6H2,1-2H3,(H,15,17)(H,18,19)/t10-/m1/s1. The lowest BCUT2D eigenvalue weighted by Crippen LogP contribution is -2.41. The number of hydrogen-bond donors (Lipinski definition) is 2. The van der Waals surface area contributed by atoms with E-state index < -0.39 is 12.0 Å². The highest BCUT2D eigenvalue weighted by Crippen LogP contribution is 2.16. The van der Waals surface area contributed by atoms with Gasteiger partial charge in [0.25, 0.3) is 5.91 Å². The molecule has 1 amide bonds. The van der Waals surface area contributed by atoms with E-state index in [9.17, 15) is 9.59 Å². The van der Waals surface area contributed by atoms with Crippen LogP contribution in [0.25, 0.3) is 0 Å². The summed E-state index contributed by atoms with van der Waals surface area (Å²) in [5, 5.41) is 11.7. The molecular weight excluding hydrogens is 344 g/mol. The maximum absolute atomic E-state index is 12.2. The van der Waals surface area contributed by atoms with Crippen LogP contribution in [0.2, 0.25) is 0 Å². The van der Waals surface area contributed by atoms with E-state index in [1.54, 1.807) is 17.8 Å². The van der Waals surface area contributed by atoms with E-state index in [1.165, 1.54) is 0 Å². The molecule has 0 aromatic carbocycles. The molecule has 1 aromatic heterocycles. The first-order valence-electron chi connectivity index (χ1n) is 6.37. The average molecular weight is 363 g/mol. The number of carboxylic acids is 1. The second-order valence-electron chi connectivity index (χ2n) is 4.38. The number of aromatic nitrogens is 1. The van der Waals surface area contributed by atoms with Crippen molar-refractivity contribution in [2.75, 3.05) is 12.0 Å². The van der Waals surface area contributed by atoms with Gasteiger partial charge in [-0.1, -0.05) is 6.92 Å². The molecule has 1 atom stereocenters. The lowest BCUT2D eigenvalue weighted by Gasteiger charge is -2.15. The van der Waals surface area contributed by atoms with Gasteiger partial charge in [0.05, 0.1) is 0 Å². The molecule has 112 valence electrons. The molecule has 20 heavy (non-hydrogen) atoms. The van der Waals surface area contributed by atoms with Gasteiger partial charge >= 0.3 is 5.97 Å². The van der Waals surface area contributed by atoms with Crippen molar-refractivity contribution < 1.29 is 14.7 Å². The third kappa shape index (κ3) is 4.86. The number of carbonyl (C=O) groups excluding carboxylic acids is 1. The molecule has 7 heteroatoms. The molecule has 1 aromatic rings. The molecule has 0 aliphatic carbocycles. The summed E-state index contributed by atoms with van der Waals surface area (Å²) in [6.07, 6.45) is 5.05. The Balaban J connectivity index is 2.80. The number of nitrogens with zero attached hydrogens (tertiary/aromatic N) is 1. The van der Waals surface area contributed by atoms with Gasteiger partial charge in [-0.05, 0) is 46.8 Å². The summed E-state index contributed by atoms with van der Waals surface area (Å²) < 4.78 is 2.64. The number of halogens is 1. The third-order valence-corrected chi connectivity index (χ3v) is 3.85. The Kier molecular flexibility index (Phi) is 7.15. The van der Waals surface area contributed by atoms with Gasteiger partial charge in [0.2, 0.25) is 0 Å². The molecule has 2 N–H and O–H groups in total. The Bertz CT molecular complexity index is 476. The van der Waals surface area contributed by atoms with Gasteiger partial charge in [-0.2, -0.15) is 11.8 Å². The molecule has 0 aliphatic heterocycles. The lowest BCUT2D eigenvalue weighted by atomic mass is 10.2. The number of carbonyl (C=O) groups is 2. The number of nitrogens with one attached hydrogen (secondary N) is 1. The lowest BCUT2D eigenvalue weighted by molar-refractivity contribution is -0.139. The number of amides is 1. The molecule has 0 spiro atoms. The molecule has 0 unspecified atom stereocenters. The van der Waals surface area contributed by atoms with Gasteiger partial charge < -0.3 is 15.0 Å².